The summed E-state index contributed by atoms with van der Waals surface area (Å²) in [6.45, 7) is 0. The van der Waals surface area contributed by atoms with Gasteiger partial charge in [-0.1, -0.05) is 24.3 Å². The Morgan fingerprint density at radius 3 is 2.92 bits per heavy atom. The molecule has 3 N–H and O–H groups in total. The molecule has 0 saturated heterocycles. The summed E-state index contributed by atoms with van der Waals surface area (Å²) >= 11 is 0. The van der Waals surface area contributed by atoms with E-state index in [2.05, 4.69) is 16.4 Å². The molecule has 2 aromatic rings. The number of aromatic nitrogens is 1. The number of pyridine rings is 1. The molecule has 0 saturated carbocycles. The lowest BCUT2D eigenvalue weighted by Gasteiger charge is -2.19. The molecular formula is C19H21N3O2. The van der Waals surface area contributed by atoms with Gasteiger partial charge in [0.1, 0.15) is 5.56 Å². The molecule has 1 aromatic heterocycles. The lowest BCUT2D eigenvalue weighted by atomic mass is 10.1. The summed E-state index contributed by atoms with van der Waals surface area (Å²) in [5, 5.41) is 3.07. The van der Waals surface area contributed by atoms with E-state index in [-0.39, 0.29) is 18.0 Å². The maximum atomic E-state index is 12.8. The largest absolute Gasteiger partial charge is 0.480 e. The van der Waals surface area contributed by atoms with Crippen LogP contribution in [0.4, 0.5) is 0 Å². The van der Waals surface area contributed by atoms with Crippen LogP contribution in [-0.4, -0.2) is 24.0 Å². The topological polar surface area (TPSA) is 77.2 Å². The zero-order valence-electron chi connectivity index (χ0n) is 13.7. The molecule has 124 valence electrons. The van der Waals surface area contributed by atoms with E-state index in [1.807, 2.05) is 24.3 Å². The monoisotopic (exact) mass is 323 g/mol. The average Bonchev–Trinajstić information content (AvgIpc) is 3.18. The van der Waals surface area contributed by atoms with Crippen LogP contribution in [0.5, 0.6) is 5.88 Å². The van der Waals surface area contributed by atoms with E-state index >= 15 is 0 Å². The third-order valence-corrected chi connectivity index (χ3v) is 5.06. The average molecular weight is 323 g/mol. The highest BCUT2D eigenvalue weighted by Crippen LogP contribution is 2.31. The van der Waals surface area contributed by atoms with E-state index in [9.17, 15) is 4.79 Å². The Bertz CT molecular complexity index is 803. The van der Waals surface area contributed by atoms with Crippen LogP contribution in [0, 0.1) is 0 Å². The van der Waals surface area contributed by atoms with Crippen LogP contribution in [0.25, 0.3) is 0 Å². The highest BCUT2D eigenvalue weighted by atomic mass is 16.5. The highest BCUT2D eigenvalue weighted by molar-refractivity contribution is 5.97. The van der Waals surface area contributed by atoms with Gasteiger partial charge in [0, 0.05) is 5.69 Å². The van der Waals surface area contributed by atoms with Crippen LogP contribution in [-0.2, 0) is 19.3 Å². The number of nitrogens with zero attached hydrogens (tertiary/aromatic N) is 1. The number of nitrogens with one attached hydrogen (secondary N) is 1. The number of benzene rings is 1. The second-order valence-electron chi connectivity index (χ2n) is 6.51. The molecule has 4 rings (SSSR count). The van der Waals surface area contributed by atoms with Crippen molar-refractivity contribution in [2.75, 3.05) is 7.11 Å². The van der Waals surface area contributed by atoms with Crippen LogP contribution in [0.3, 0.4) is 0 Å². The molecule has 0 radical (unpaired) electrons. The van der Waals surface area contributed by atoms with Gasteiger partial charge >= 0.3 is 0 Å². The van der Waals surface area contributed by atoms with Crippen molar-refractivity contribution < 1.29 is 9.53 Å². The predicted octanol–water partition coefficient (Wildman–Crippen LogP) is 1.93. The summed E-state index contributed by atoms with van der Waals surface area (Å²) in [7, 11) is 1.55. The van der Waals surface area contributed by atoms with Crippen LogP contribution in [0.1, 0.15) is 45.2 Å². The number of carbonyl (C=O) groups is 1. The van der Waals surface area contributed by atoms with Crippen molar-refractivity contribution in [2.45, 2.75) is 37.8 Å². The first-order chi connectivity index (χ1) is 11.7. The SMILES string of the molecule is COc1nc2c(cc1C(=O)N[C@H]1Cc3ccccc3[C@@H]1N)CCC2. The summed E-state index contributed by atoms with van der Waals surface area (Å²) in [5.41, 5.74) is 11.3. The number of fused-ring (bicyclic) bond motifs is 2. The zero-order valence-corrected chi connectivity index (χ0v) is 13.7. The van der Waals surface area contributed by atoms with Gasteiger partial charge in [0.05, 0.1) is 19.2 Å². The molecule has 0 fully saturated rings. The van der Waals surface area contributed by atoms with Gasteiger partial charge in [0.15, 0.2) is 0 Å². The smallest absolute Gasteiger partial charge is 0.257 e. The minimum absolute atomic E-state index is 0.104. The Morgan fingerprint density at radius 1 is 1.29 bits per heavy atom. The van der Waals surface area contributed by atoms with E-state index in [1.165, 1.54) is 5.56 Å². The summed E-state index contributed by atoms with van der Waals surface area (Å²) in [4.78, 5) is 17.3. The normalized spacial score (nSPS) is 21.2. The molecule has 2 aliphatic rings. The van der Waals surface area contributed by atoms with Crippen LogP contribution >= 0.6 is 0 Å². The fourth-order valence-corrected chi connectivity index (χ4v) is 3.78. The van der Waals surface area contributed by atoms with Crippen molar-refractivity contribution in [3.63, 3.8) is 0 Å². The van der Waals surface area contributed by atoms with Gasteiger partial charge in [-0.15, -0.1) is 0 Å². The number of hydrogen-bond donors (Lipinski definition) is 2. The summed E-state index contributed by atoms with van der Waals surface area (Å²) in [6, 6.07) is 9.73. The molecule has 0 aliphatic heterocycles. The quantitative estimate of drug-likeness (QED) is 0.905. The van der Waals surface area contributed by atoms with Crippen molar-refractivity contribution >= 4 is 5.91 Å². The number of hydrogen-bond acceptors (Lipinski definition) is 4. The molecular weight excluding hydrogens is 302 g/mol. The van der Waals surface area contributed by atoms with Gasteiger partial charge in [-0.25, -0.2) is 4.98 Å². The Balaban J connectivity index is 1.58. The minimum atomic E-state index is -0.182. The van der Waals surface area contributed by atoms with Crippen molar-refractivity contribution in [1.82, 2.24) is 10.3 Å². The molecule has 0 bridgehead atoms. The fourth-order valence-electron chi connectivity index (χ4n) is 3.78. The molecule has 1 amide bonds. The first kappa shape index (κ1) is 15.1. The number of carbonyl (C=O) groups excluding carboxylic acids is 1. The molecule has 5 heteroatoms. The fraction of sp³-hybridized carbons (Fsp3) is 0.368. The van der Waals surface area contributed by atoms with Gasteiger partial charge < -0.3 is 15.8 Å². The Morgan fingerprint density at radius 2 is 2.12 bits per heavy atom. The van der Waals surface area contributed by atoms with Gasteiger partial charge in [-0.2, -0.15) is 0 Å². The summed E-state index contributed by atoms with van der Waals surface area (Å²) < 4.78 is 5.34. The lowest BCUT2D eigenvalue weighted by molar-refractivity contribution is 0.0929. The molecule has 1 heterocycles. The Labute approximate surface area is 141 Å². The number of rotatable bonds is 3. The molecule has 2 atom stereocenters. The van der Waals surface area contributed by atoms with Crippen LogP contribution in [0.2, 0.25) is 0 Å². The van der Waals surface area contributed by atoms with E-state index in [0.717, 1.165) is 42.5 Å². The third-order valence-electron chi connectivity index (χ3n) is 5.06. The van der Waals surface area contributed by atoms with E-state index in [1.54, 1.807) is 7.11 Å². The minimum Gasteiger partial charge on any atom is -0.480 e. The van der Waals surface area contributed by atoms with Gasteiger partial charge in [0.25, 0.3) is 5.91 Å². The Kier molecular flexibility index (Phi) is 3.73. The number of nitrogens with two attached hydrogens (primary N) is 1. The second kappa shape index (κ2) is 5.91. The van der Waals surface area contributed by atoms with Gasteiger partial charge in [-0.05, 0) is 48.4 Å². The maximum Gasteiger partial charge on any atom is 0.257 e. The maximum absolute atomic E-state index is 12.8. The second-order valence-corrected chi connectivity index (χ2v) is 6.51. The van der Waals surface area contributed by atoms with Crippen LogP contribution in [0.15, 0.2) is 30.3 Å². The first-order valence-electron chi connectivity index (χ1n) is 8.38. The summed E-state index contributed by atoms with van der Waals surface area (Å²) in [6.07, 6.45) is 3.76. The summed E-state index contributed by atoms with van der Waals surface area (Å²) in [5.74, 6) is 0.236. The van der Waals surface area contributed by atoms with E-state index < -0.39 is 0 Å². The van der Waals surface area contributed by atoms with Crippen molar-refractivity contribution in [3.05, 3.63) is 58.3 Å². The number of methoxy groups -OCH3 is 1. The van der Waals surface area contributed by atoms with Crippen molar-refractivity contribution in [1.29, 1.82) is 0 Å². The van der Waals surface area contributed by atoms with Gasteiger partial charge in [-0.3, -0.25) is 4.79 Å². The third kappa shape index (κ3) is 2.45. The van der Waals surface area contributed by atoms with Crippen LogP contribution < -0.4 is 15.8 Å². The Hall–Kier alpha value is -2.40. The number of amides is 1. The standard InChI is InChI=1S/C19H21N3O2/c1-24-19-14(9-12-6-4-8-15(12)22-19)18(23)21-16-10-11-5-2-3-7-13(11)17(16)20/h2-3,5,7,9,16-17H,4,6,8,10,20H2,1H3,(H,21,23)/t16-,17-/m0/s1. The molecule has 1 aromatic carbocycles. The molecule has 24 heavy (non-hydrogen) atoms. The lowest BCUT2D eigenvalue weighted by Crippen LogP contribution is -2.40. The molecule has 0 unspecified atom stereocenters. The molecule has 0 spiro atoms. The first-order valence-corrected chi connectivity index (χ1v) is 8.38. The molecule has 5 nitrogen and oxygen atoms in total. The highest BCUT2D eigenvalue weighted by Gasteiger charge is 2.31. The van der Waals surface area contributed by atoms with E-state index in [0.29, 0.717) is 11.4 Å². The number of ether oxygens (including phenoxy) is 1. The zero-order chi connectivity index (χ0) is 16.7. The van der Waals surface area contributed by atoms with Crippen molar-refractivity contribution in [3.8, 4) is 5.88 Å². The van der Waals surface area contributed by atoms with Crippen molar-refractivity contribution in [2.24, 2.45) is 5.73 Å². The van der Waals surface area contributed by atoms with Gasteiger partial charge in [0.2, 0.25) is 5.88 Å². The van der Waals surface area contributed by atoms with E-state index in [4.69, 9.17) is 10.5 Å². The molecule has 2 aliphatic carbocycles. The number of aryl methyl sites for hydroxylation is 2. The predicted molar refractivity (Wildman–Crippen MR) is 91.1 cm³/mol.